The molecule has 26 heavy (non-hydrogen) atoms. The zero-order chi connectivity index (χ0) is 18.4. The first-order chi connectivity index (χ1) is 12.7. The maximum Gasteiger partial charge on any atom is 0.193 e. The van der Waals surface area contributed by atoms with Gasteiger partial charge in [0, 0.05) is 44.8 Å². The third-order valence-electron chi connectivity index (χ3n) is 4.65. The molecule has 144 valence electrons. The van der Waals surface area contributed by atoms with E-state index in [4.69, 9.17) is 19.2 Å². The van der Waals surface area contributed by atoms with E-state index in [1.165, 1.54) is 12.1 Å². The number of fused-ring (bicyclic) bond motifs is 1. The number of aliphatic imine (C=N–C) groups is 1. The number of ether oxygens (including phenoxy) is 3. The number of halogens is 1. The zero-order valence-electron chi connectivity index (χ0n) is 15.6. The average molecular weight is 365 g/mol. The minimum atomic E-state index is -0.262. The third-order valence-corrected chi connectivity index (χ3v) is 4.65. The number of guanidine groups is 1. The van der Waals surface area contributed by atoms with Gasteiger partial charge in [-0.15, -0.1) is 0 Å². The number of hydrogen-bond acceptors (Lipinski definition) is 4. The second kappa shape index (κ2) is 9.19. The van der Waals surface area contributed by atoms with E-state index >= 15 is 0 Å². The Kier molecular flexibility index (Phi) is 6.68. The lowest BCUT2D eigenvalue weighted by atomic mass is 10.1. The van der Waals surface area contributed by atoms with Gasteiger partial charge in [0.1, 0.15) is 11.6 Å². The Morgan fingerprint density at radius 1 is 1.38 bits per heavy atom. The van der Waals surface area contributed by atoms with Gasteiger partial charge in [-0.25, -0.2) is 4.39 Å². The summed E-state index contributed by atoms with van der Waals surface area (Å²) in [7, 11) is 2.05. The summed E-state index contributed by atoms with van der Waals surface area (Å²) < 4.78 is 30.1. The van der Waals surface area contributed by atoms with Crippen LogP contribution in [0.3, 0.4) is 0 Å². The number of benzene rings is 1. The quantitative estimate of drug-likeness (QED) is 0.619. The molecule has 3 rings (SSSR count). The molecular formula is C19H28FN3O3. The van der Waals surface area contributed by atoms with Crippen molar-refractivity contribution in [3.8, 4) is 5.75 Å². The summed E-state index contributed by atoms with van der Waals surface area (Å²) >= 11 is 0. The van der Waals surface area contributed by atoms with E-state index in [1.807, 2.05) is 7.05 Å². The predicted molar refractivity (Wildman–Crippen MR) is 97.9 cm³/mol. The third kappa shape index (κ3) is 4.86. The Morgan fingerprint density at radius 2 is 2.27 bits per heavy atom. The molecule has 0 bridgehead atoms. The highest BCUT2D eigenvalue weighted by atomic mass is 19.1. The van der Waals surface area contributed by atoms with E-state index in [1.54, 1.807) is 0 Å². The van der Waals surface area contributed by atoms with E-state index in [9.17, 15) is 4.39 Å². The minimum Gasteiger partial charge on any atom is -0.467 e. The number of nitrogens with one attached hydrogen (secondary N) is 1. The van der Waals surface area contributed by atoms with Crippen molar-refractivity contribution in [1.29, 1.82) is 0 Å². The van der Waals surface area contributed by atoms with Gasteiger partial charge in [0.15, 0.2) is 12.8 Å². The van der Waals surface area contributed by atoms with Crippen LogP contribution in [0.15, 0.2) is 17.1 Å². The summed E-state index contributed by atoms with van der Waals surface area (Å²) in [5, 5.41) is 3.33. The summed E-state index contributed by atoms with van der Waals surface area (Å²) in [4.78, 5) is 6.86. The topological polar surface area (TPSA) is 55.3 Å². The van der Waals surface area contributed by atoms with Gasteiger partial charge < -0.3 is 24.4 Å². The van der Waals surface area contributed by atoms with Crippen molar-refractivity contribution in [3.05, 3.63) is 29.1 Å². The second-order valence-electron chi connectivity index (χ2n) is 6.76. The monoisotopic (exact) mass is 365 g/mol. The highest BCUT2D eigenvalue weighted by Crippen LogP contribution is 2.29. The van der Waals surface area contributed by atoms with Gasteiger partial charge in [-0.05, 0) is 37.5 Å². The van der Waals surface area contributed by atoms with E-state index in [0.29, 0.717) is 25.5 Å². The highest BCUT2D eigenvalue weighted by Gasteiger charge is 2.19. The Labute approximate surface area is 154 Å². The Morgan fingerprint density at radius 3 is 3.04 bits per heavy atom. The lowest BCUT2D eigenvalue weighted by molar-refractivity contribution is -0.0172. The second-order valence-corrected chi connectivity index (χ2v) is 6.76. The van der Waals surface area contributed by atoms with Gasteiger partial charge in [0.05, 0.1) is 13.2 Å². The summed E-state index contributed by atoms with van der Waals surface area (Å²) in [5.74, 6) is 1.90. The van der Waals surface area contributed by atoms with Crippen LogP contribution in [0.5, 0.6) is 5.75 Å². The molecule has 2 aliphatic rings. The van der Waals surface area contributed by atoms with Gasteiger partial charge in [-0.1, -0.05) is 0 Å². The van der Waals surface area contributed by atoms with Crippen molar-refractivity contribution >= 4 is 5.96 Å². The normalized spacial score (nSPS) is 19.8. The molecule has 0 aliphatic carbocycles. The van der Waals surface area contributed by atoms with Crippen LogP contribution in [-0.4, -0.2) is 57.5 Å². The van der Waals surface area contributed by atoms with E-state index in [2.05, 4.69) is 17.1 Å². The summed E-state index contributed by atoms with van der Waals surface area (Å²) in [6.07, 6.45) is 1.72. The van der Waals surface area contributed by atoms with Gasteiger partial charge in [0.25, 0.3) is 0 Å². The molecule has 1 aromatic carbocycles. The molecule has 1 atom stereocenters. The number of hydrogen-bond donors (Lipinski definition) is 1. The fourth-order valence-corrected chi connectivity index (χ4v) is 3.40. The summed E-state index contributed by atoms with van der Waals surface area (Å²) in [6.45, 7) is 6.61. The van der Waals surface area contributed by atoms with Crippen LogP contribution in [0.1, 0.15) is 24.5 Å². The van der Waals surface area contributed by atoms with Crippen LogP contribution in [-0.2, 0) is 22.5 Å². The van der Waals surface area contributed by atoms with Crippen LogP contribution in [0, 0.1) is 11.7 Å². The van der Waals surface area contributed by atoms with Crippen LogP contribution in [0.25, 0.3) is 0 Å². The first-order valence-electron chi connectivity index (χ1n) is 9.26. The number of nitrogens with zero attached hydrogens (tertiary/aromatic N) is 2. The maximum atomic E-state index is 13.8. The predicted octanol–water partition coefficient (Wildman–Crippen LogP) is 2.17. The SMILES string of the molecule is CCNC(=NCCc1cc(F)cc2c1OCOC2)N(C)CC1CCOC1. The van der Waals surface area contributed by atoms with Crippen molar-refractivity contribution in [2.75, 3.05) is 46.7 Å². The average Bonchev–Trinajstić information content (AvgIpc) is 3.13. The summed E-state index contributed by atoms with van der Waals surface area (Å²) in [5.41, 5.74) is 1.61. The van der Waals surface area contributed by atoms with Crippen LogP contribution < -0.4 is 10.1 Å². The van der Waals surface area contributed by atoms with E-state index < -0.39 is 0 Å². The van der Waals surface area contributed by atoms with Gasteiger partial charge in [0.2, 0.25) is 0 Å². The molecule has 6 nitrogen and oxygen atoms in total. The largest absolute Gasteiger partial charge is 0.467 e. The first-order valence-corrected chi connectivity index (χ1v) is 9.26. The van der Waals surface area contributed by atoms with Crippen molar-refractivity contribution in [1.82, 2.24) is 10.2 Å². The molecule has 1 saturated heterocycles. The zero-order valence-corrected chi connectivity index (χ0v) is 15.6. The van der Waals surface area contributed by atoms with Crippen molar-refractivity contribution in [3.63, 3.8) is 0 Å². The first kappa shape index (κ1) is 18.9. The molecule has 1 fully saturated rings. The molecule has 0 radical (unpaired) electrons. The molecule has 1 aromatic rings. The fraction of sp³-hybridized carbons (Fsp3) is 0.632. The highest BCUT2D eigenvalue weighted by molar-refractivity contribution is 5.79. The molecule has 0 spiro atoms. The van der Waals surface area contributed by atoms with Crippen molar-refractivity contribution in [2.45, 2.75) is 26.4 Å². The lowest BCUT2D eigenvalue weighted by Gasteiger charge is -2.24. The van der Waals surface area contributed by atoms with Gasteiger partial charge >= 0.3 is 0 Å². The Hall–Kier alpha value is -1.86. The standard InChI is InChI=1S/C19H28FN3O3/c1-3-21-19(23(2)10-14-5-7-24-11-14)22-6-4-15-8-17(20)9-16-12-25-13-26-18(15)16/h8-9,14H,3-7,10-13H2,1-2H3,(H,21,22). The molecule has 0 saturated carbocycles. The molecule has 7 heteroatoms. The Balaban J connectivity index is 1.63. The number of rotatable bonds is 6. The van der Waals surface area contributed by atoms with Crippen molar-refractivity contribution < 1.29 is 18.6 Å². The van der Waals surface area contributed by atoms with Gasteiger partial charge in [-0.3, -0.25) is 4.99 Å². The van der Waals surface area contributed by atoms with Crippen molar-refractivity contribution in [2.24, 2.45) is 10.9 Å². The molecule has 2 aliphatic heterocycles. The van der Waals surface area contributed by atoms with E-state index in [0.717, 1.165) is 55.6 Å². The Bertz CT molecular complexity index is 633. The molecule has 0 aromatic heterocycles. The maximum absolute atomic E-state index is 13.8. The summed E-state index contributed by atoms with van der Waals surface area (Å²) in [6, 6.07) is 3.01. The van der Waals surface area contributed by atoms with E-state index in [-0.39, 0.29) is 12.6 Å². The van der Waals surface area contributed by atoms with Gasteiger partial charge in [-0.2, -0.15) is 0 Å². The fourth-order valence-electron chi connectivity index (χ4n) is 3.40. The molecule has 1 unspecified atom stereocenters. The van der Waals surface area contributed by atoms with Crippen LogP contribution in [0.2, 0.25) is 0 Å². The molecule has 1 N–H and O–H groups in total. The smallest absolute Gasteiger partial charge is 0.193 e. The van der Waals surface area contributed by atoms with Crippen LogP contribution >= 0.6 is 0 Å². The minimum absolute atomic E-state index is 0.212. The molecular weight excluding hydrogens is 337 g/mol. The molecule has 2 heterocycles. The van der Waals surface area contributed by atoms with Crippen LogP contribution in [0.4, 0.5) is 4.39 Å². The molecule has 0 amide bonds. The lowest BCUT2D eigenvalue weighted by Crippen LogP contribution is -2.41.